The van der Waals surface area contributed by atoms with Gasteiger partial charge < -0.3 is 15.1 Å². The Morgan fingerprint density at radius 1 is 1.40 bits per heavy atom. The maximum absolute atomic E-state index is 12.0. The Morgan fingerprint density at radius 2 is 2.20 bits per heavy atom. The lowest BCUT2D eigenvalue weighted by Crippen LogP contribution is -2.37. The summed E-state index contributed by atoms with van der Waals surface area (Å²) in [7, 11) is 0. The van der Waals surface area contributed by atoms with Crippen LogP contribution in [0.15, 0.2) is 22.8 Å². The number of aromatic nitrogens is 1. The zero-order valence-corrected chi connectivity index (χ0v) is 12.0. The molecule has 0 aliphatic heterocycles. The number of rotatable bonds is 5. The predicted molar refractivity (Wildman–Crippen MR) is 75.6 cm³/mol. The molecule has 106 valence electrons. The lowest BCUT2D eigenvalue weighted by Gasteiger charge is -2.03. The molecule has 0 bridgehead atoms. The van der Waals surface area contributed by atoms with Crippen molar-refractivity contribution in [3.8, 4) is 10.8 Å². The summed E-state index contributed by atoms with van der Waals surface area (Å²) in [4.78, 5) is 28.3. The van der Waals surface area contributed by atoms with Crippen molar-refractivity contribution in [2.45, 2.75) is 13.8 Å². The van der Waals surface area contributed by atoms with Crippen LogP contribution in [0.2, 0.25) is 0 Å². The summed E-state index contributed by atoms with van der Waals surface area (Å²) >= 11 is 1.38. The van der Waals surface area contributed by atoms with E-state index in [0.29, 0.717) is 23.0 Å². The Labute approximate surface area is 120 Å². The van der Waals surface area contributed by atoms with Crippen molar-refractivity contribution in [2.75, 3.05) is 13.1 Å². The highest BCUT2D eigenvalue weighted by atomic mass is 32.1. The van der Waals surface area contributed by atoms with Crippen LogP contribution in [0.4, 0.5) is 0 Å². The molecule has 0 spiro atoms. The van der Waals surface area contributed by atoms with Gasteiger partial charge in [0.1, 0.15) is 5.69 Å². The number of carbonyl (C=O) groups is 2. The van der Waals surface area contributed by atoms with Crippen LogP contribution in [0.1, 0.15) is 22.3 Å². The van der Waals surface area contributed by atoms with E-state index in [0.717, 1.165) is 4.88 Å². The maximum atomic E-state index is 12.0. The molecule has 0 aromatic carbocycles. The molecule has 2 rings (SSSR count). The van der Waals surface area contributed by atoms with Gasteiger partial charge in [-0.05, 0) is 26.0 Å². The van der Waals surface area contributed by atoms with Crippen LogP contribution in [0.3, 0.4) is 0 Å². The van der Waals surface area contributed by atoms with Crippen molar-refractivity contribution < 1.29 is 14.0 Å². The summed E-state index contributed by atoms with van der Waals surface area (Å²) in [6, 6.07) is 3.55. The van der Waals surface area contributed by atoms with E-state index in [4.69, 9.17) is 4.42 Å². The van der Waals surface area contributed by atoms with Crippen molar-refractivity contribution in [3.05, 3.63) is 29.0 Å². The van der Waals surface area contributed by atoms with Crippen molar-refractivity contribution in [2.24, 2.45) is 0 Å². The Hall–Kier alpha value is -2.15. The monoisotopic (exact) mass is 293 g/mol. The molecule has 7 heteroatoms. The average molecular weight is 293 g/mol. The zero-order chi connectivity index (χ0) is 14.5. The first-order valence-electron chi connectivity index (χ1n) is 6.18. The first-order valence-corrected chi connectivity index (χ1v) is 6.99. The van der Waals surface area contributed by atoms with Gasteiger partial charge >= 0.3 is 0 Å². The Morgan fingerprint density at radius 3 is 2.85 bits per heavy atom. The van der Waals surface area contributed by atoms with Crippen LogP contribution in [-0.2, 0) is 4.79 Å². The lowest BCUT2D eigenvalue weighted by molar-refractivity contribution is -0.120. The fourth-order valence-electron chi connectivity index (χ4n) is 1.62. The van der Waals surface area contributed by atoms with Crippen LogP contribution < -0.4 is 10.6 Å². The van der Waals surface area contributed by atoms with Crippen molar-refractivity contribution in [3.63, 3.8) is 0 Å². The molecule has 2 heterocycles. The third kappa shape index (κ3) is 3.24. The quantitative estimate of drug-likeness (QED) is 0.876. The number of nitrogens with one attached hydrogen (secondary N) is 2. The summed E-state index contributed by atoms with van der Waals surface area (Å²) < 4.78 is 5.25. The number of thiazole rings is 1. The van der Waals surface area contributed by atoms with Gasteiger partial charge in [-0.2, -0.15) is 0 Å². The highest BCUT2D eigenvalue weighted by Crippen LogP contribution is 2.27. The Bertz CT molecular complexity index is 604. The van der Waals surface area contributed by atoms with Gasteiger partial charge in [0.15, 0.2) is 10.8 Å². The summed E-state index contributed by atoms with van der Waals surface area (Å²) in [5, 5.41) is 5.80. The molecule has 2 amide bonds. The molecular weight excluding hydrogens is 278 g/mol. The van der Waals surface area contributed by atoms with Gasteiger partial charge in [0, 0.05) is 11.4 Å². The third-order valence-corrected chi connectivity index (χ3v) is 3.51. The Balaban J connectivity index is 2.05. The fourth-order valence-corrected chi connectivity index (χ4v) is 2.50. The standard InChI is InChI=1S/C13H15N3O3S/c1-3-14-10(17)7-15-12(18)11-8(2)20-13(16-11)9-5-4-6-19-9/h4-6H,3,7H2,1-2H3,(H,14,17)(H,15,18). The van der Waals surface area contributed by atoms with Gasteiger partial charge in [0.2, 0.25) is 5.91 Å². The SMILES string of the molecule is CCNC(=O)CNC(=O)c1nc(-c2ccco2)sc1C. The number of aryl methyl sites for hydroxylation is 1. The van der Waals surface area contributed by atoms with Gasteiger partial charge in [-0.25, -0.2) is 4.98 Å². The number of hydrogen-bond acceptors (Lipinski definition) is 5. The first-order chi connectivity index (χ1) is 9.61. The highest BCUT2D eigenvalue weighted by Gasteiger charge is 2.17. The van der Waals surface area contributed by atoms with Crippen molar-refractivity contribution in [1.29, 1.82) is 0 Å². The summed E-state index contributed by atoms with van der Waals surface area (Å²) in [5.74, 6) is 0.0451. The van der Waals surface area contributed by atoms with E-state index in [1.807, 2.05) is 13.8 Å². The summed E-state index contributed by atoms with van der Waals surface area (Å²) in [6.45, 7) is 4.11. The van der Waals surface area contributed by atoms with Crippen molar-refractivity contribution >= 4 is 23.2 Å². The molecule has 2 N–H and O–H groups in total. The summed E-state index contributed by atoms with van der Waals surface area (Å²) in [5.41, 5.74) is 0.325. The van der Waals surface area contributed by atoms with E-state index in [1.54, 1.807) is 18.4 Å². The van der Waals surface area contributed by atoms with Crippen LogP contribution in [0.5, 0.6) is 0 Å². The maximum Gasteiger partial charge on any atom is 0.271 e. The molecule has 2 aromatic heterocycles. The molecule has 0 saturated carbocycles. The zero-order valence-electron chi connectivity index (χ0n) is 11.2. The predicted octanol–water partition coefficient (Wildman–Crippen LogP) is 1.58. The average Bonchev–Trinajstić information content (AvgIpc) is 3.05. The molecule has 6 nitrogen and oxygen atoms in total. The second-order valence-electron chi connectivity index (χ2n) is 4.04. The summed E-state index contributed by atoms with van der Waals surface area (Å²) in [6.07, 6.45) is 1.56. The first kappa shape index (κ1) is 14.3. The van der Waals surface area contributed by atoms with E-state index in [9.17, 15) is 9.59 Å². The lowest BCUT2D eigenvalue weighted by atomic mass is 10.3. The number of furan rings is 1. The van der Waals surface area contributed by atoms with Gasteiger partial charge in [-0.15, -0.1) is 11.3 Å². The molecule has 0 fully saturated rings. The molecule has 0 atom stereocenters. The largest absolute Gasteiger partial charge is 0.462 e. The van der Waals surface area contributed by atoms with Crippen LogP contribution >= 0.6 is 11.3 Å². The molecule has 0 radical (unpaired) electrons. The van der Waals surface area contributed by atoms with Crippen LogP contribution in [0.25, 0.3) is 10.8 Å². The molecule has 0 aliphatic carbocycles. The van der Waals surface area contributed by atoms with Gasteiger partial charge in [0.25, 0.3) is 5.91 Å². The van der Waals surface area contributed by atoms with Gasteiger partial charge in [-0.3, -0.25) is 9.59 Å². The molecule has 0 saturated heterocycles. The molecule has 0 unspecified atom stereocenters. The van der Waals surface area contributed by atoms with Crippen LogP contribution in [0, 0.1) is 6.92 Å². The van der Waals surface area contributed by atoms with E-state index in [2.05, 4.69) is 15.6 Å². The minimum Gasteiger partial charge on any atom is -0.462 e. The third-order valence-electron chi connectivity index (χ3n) is 2.53. The minimum absolute atomic E-state index is 0.0558. The minimum atomic E-state index is -0.359. The fraction of sp³-hybridized carbons (Fsp3) is 0.308. The number of nitrogens with zero attached hydrogens (tertiary/aromatic N) is 1. The van der Waals surface area contributed by atoms with Crippen molar-refractivity contribution in [1.82, 2.24) is 15.6 Å². The second kappa shape index (κ2) is 6.33. The Kier molecular flexibility index (Phi) is 4.52. The second-order valence-corrected chi connectivity index (χ2v) is 5.24. The van der Waals surface area contributed by atoms with Gasteiger partial charge in [0.05, 0.1) is 12.8 Å². The number of carbonyl (C=O) groups excluding carboxylic acids is 2. The highest BCUT2D eigenvalue weighted by molar-refractivity contribution is 7.15. The van der Waals surface area contributed by atoms with E-state index < -0.39 is 0 Å². The van der Waals surface area contributed by atoms with E-state index in [1.165, 1.54) is 11.3 Å². The van der Waals surface area contributed by atoms with Gasteiger partial charge in [-0.1, -0.05) is 0 Å². The topological polar surface area (TPSA) is 84.2 Å². The molecular formula is C13H15N3O3S. The number of amides is 2. The molecule has 2 aromatic rings. The van der Waals surface area contributed by atoms with E-state index in [-0.39, 0.29) is 18.4 Å². The number of likely N-dealkylation sites (N-methyl/N-ethyl adjacent to an activating group) is 1. The molecule has 0 aliphatic rings. The normalized spacial score (nSPS) is 10.3. The van der Waals surface area contributed by atoms with E-state index >= 15 is 0 Å². The smallest absolute Gasteiger partial charge is 0.271 e. The molecule has 20 heavy (non-hydrogen) atoms. The number of hydrogen-bond donors (Lipinski definition) is 2. The van der Waals surface area contributed by atoms with Crippen LogP contribution in [-0.4, -0.2) is 29.9 Å².